The van der Waals surface area contributed by atoms with Crippen molar-refractivity contribution in [1.82, 2.24) is 9.55 Å². The van der Waals surface area contributed by atoms with Crippen molar-refractivity contribution in [3.05, 3.63) is 63.3 Å². The van der Waals surface area contributed by atoms with Crippen LogP contribution in [0.15, 0.2) is 35.1 Å². The lowest BCUT2D eigenvalue weighted by Gasteiger charge is -2.42. The van der Waals surface area contributed by atoms with E-state index in [4.69, 9.17) is 4.74 Å². The van der Waals surface area contributed by atoms with E-state index in [9.17, 15) is 19.7 Å². The summed E-state index contributed by atoms with van der Waals surface area (Å²) in [5.41, 5.74) is 3.48. The highest BCUT2D eigenvalue weighted by Gasteiger charge is 2.33. The molecule has 0 unspecified atom stereocenters. The number of aryl methyl sites for hydroxylation is 2. The summed E-state index contributed by atoms with van der Waals surface area (Å²) in [4.78, 5) is 22.0. The second-order valence-electron chi connectivity index (χ2n) is 10.8. The van der Waals surface area contributed by atoms with Gasteiger partial charge in [0.15, 0.2) is 0 Å². The molecule has 1 aliphatic carbocycles. The number of nitrogens with zero attached hydrogens (tertiary/aromatic N) is 6. The number of aromatic nitrogens is 2. The van der Waals surface area contributed by atoms with E-state index in [1.807, 2.05) is 24.9 Å². The van der Waals surface area contributed by atoms with Crippen molar-refractivity contribution in [2.75, 3.05) is 36.6 Å². The summed E-state index contributed by atoms with van der Waals surface area (Å²) in [6.07, 6.45) is 4.58. The zero-order valence-corrected chi connectivity index (χ0v) is 22.7. The van der Waals surface area contributed by atoms with Gasteiger partial charge in [-0.3, -0.25) is 4.79 Å². The van der Waals surface area contributed by atoms with E-state index >= 15 is 0 Å². The number of pyridine rings is 2. The maximum Gasteiger partial charge on any atom is 0.270 e. The first-order valence-electron chi connectivity index (χ1n) is 13.5. The molecular formula is C30H33FN6O2. The van der Waals surface area contributed by atoms with Gasteiger partial charge in [0.1, 0.15) is 34.7 Å². The lowest BCUT2D eigenvalue weighted by molar-refractivity contribution is 0.185. The van der Waals surface area contributed by atoms with Crippen LogP contribution >= 0.6 is 0 Å². The largest absolute Gasteiger partial charge is 0.381 e. The standard InChI is InChI=1S/C30H33FN6O2/c1-19-14-21(31)4-10-26(19)37(17-20-12-13-39-18-20)24-8-6-23(7-9-24)35(2)29-25(16-33)30(38)36(3)27-11-5-22(15-32)34-28(27)29/h4-5,10-11,14,20,23-24H,6-9,12-13,17-18H2,1-3H3/t20-,23-,24-/m1/s1. The van der Waals surface area contributed by atoms with Crippen molar-refractivity contribution in [2.24, 2.45) is 13.0 Å². The van der Waals surface area contributed by atoms with Gasteiger partial charge in [0.25, 0.3) is 5.56 Å². The summed E-state index contributed by atoms with van der Waals surface area (Å²) >= 11 is 0. The lowest BCUT2D eigenvalue weighted by Crippen LogP contribution is -2.45. The number of halogens is 1. The predicted molar refractivity (Wildman–Crippen MR) is 148 cm³/mol. The van der Waals surface area contributed by atoms with Crippen molar-refractivity contribution in [3.63, 3.8) is 0 Å². The van der Waals surface area contributed by atoms with E-state index in [0.29, 0.717) is 28.7 Å². The van der Waals surface area contributed by atoms with Crippen LogP contribution in [-0.2, 0) is 11.8 Å². The van der Waals surface area contributed by atoms with Crippen LogP contribution in [0, 0.1) is 41.3 Å². The molecule has 0 spiro atoms. The number of ether oxygens (including phenoxy) is 1. The second kappa shape index (κ2) is 11.0. The molecule has 1 atom stereocenters. The summed E-state index contributed by atoms with van der Waals surface area (Å²) in [7, 11) is 3.54. The number of fused-ring (bicyclic) bond motifs is 1. The molecule has 3 aromatic rings. The quantitative estimate of drug-likeness (QED) is 0.467. The van der Waals surface area contributed by atoms with Crippen LogP contribution < -0.4 is 15.4 Å². The molecule has 0 bridgehead atoms. The van der Waals surface area contributed by atoms with E-state index in [-0.39, 0.29) is 28.7 Å². The molecule has 0 N–H and O–H groups in total. The van der Waals surface area contributed by atoms with E-state index in [1.165, 1.54) is 10.6 Å². The first kappa shape index (κ1) is 26.6. The number of benzene rings is 1. The van der Waals surface area contributed by atoms with E-state index in [1.54, 1.807) is 25.2 Å². The summed E-state index contributed by atoms with van der Waals surface area (Å²) in [6, 6.07) is 12.9. The molecule has 0 amide bonds. The Morgan fingerprint density at radius 2 is 1.85 bits per heavy atom. The Morgan fingerprint density at radius 3 is 2.49 bits per heavy atom. The summed E-state index contributed by atoms with van der Waals surface area (Å²) in [6.45, 7) is 4.37. The molecule has 0 radical (unpaired) electrons. The average Bonchev–Trinajstić information content (AvgIpc) is 3.46. The molecule has 8 nitrogen and oxygen atoms in total. The monoisotopic (exact) mass is 528 g/mol. The average molecular weight is 529 g/mol. The molecule has 3 heterocycles. The minimum Gasteiger partial charge on any atom is -0.381 e. The molecule has 1 aliphatic heterocycles. The van der Waals surface area contributed by atoms with E-state index in [0.717, 1.165) is 63.1 Å². The molecule has 1 saturated heterocycles. The molecule has 2 aromatic heterocycles. The highest BCUT2D eigenvalue weighted by Crippen LogP contribution is 2.36. The molecule has 2 fully saturated rings. The Kier molecular flexibility index (Phi) is 7.54. The molecular weight excluding hydrogens is 495 g/mol. The second-order valence-corrected chi connectivity index (χ2v) is 10.8. The van der Waals surface area contributed by atoms with Crippen LogP contribution in [0.3, 0.4) is 0 Å². The minimum atomic E-state index is -0.371. The van der Waals surface area contributed by atoms with Crippen LogP contribution in [0.1, 0.15) is 48.9 Å². The third-order valence-corrected chi connectivity index (χ3v) is 8.40. The van der Waals surface area contributed by atoms with Gasteiger partial charge in [-0.05, 0) is 74.9 Å². The molecule has 1 saturated carbocycles. The van der Waals surface area contributed by atoms with Gasteiger partial charge >= 0.3 is 0 Å². The van der Waals surface area contributed by atoms with Gasteiger partial charge in [0.05, 0.1) is 17.8 Å². The van der Waals surface area contributed by atoms with Crippen molar-refractivity contribution in [3.8, 4) is 12.1 Å². The summed E-state index contributed by atoms with van der Waals surface area (Å²) in [5, 5.41) is 19.4. The zero-order valence-electron chi connectivity index (χ0n) is 22.7. The number of anilines is 2. The fourth-order valence-corrected chi connectivity index (χ4v) is 6.23. The molecule has 1 aromatic carbocycles. The van der Waals surface area contributed by atoms with Gasteiger partial charge in [-0.1, -0.05) is 0 Å². The number of hydrogen-bond acceptors (Lipinski definition) is 7. The smallest absolute Gasteiger partial charge is 0.270 e. The highest BCUT2D eigenvalue weighted by atomic mass is 19.1. The Hall–Kier alpha value is -3.95. The van der Waals surface area contributed by atoms with Crippen LogP contribution in [0.2, 0.25) is 0 Å². The highest BCUT2D eigenvalue weighted by molar-refractivity contribution is 5.92. The fourth-order valence-electron chi connectivity index (χ4n) is 6.23. The first-order chi connectivity index (χ1) is 18.8. The third kappa shape index (κ3) is 5.07. The van der Waals surface area contributed by atoms with Gasteiger partial charge in [-0.2, -0.15) is 10.5 Å². The summed E-state index contributed by atoms with van der Waals surface area (Å²) < 4.78 is 21.0. The molecule has 202 valence electrons. The maximum absolute atomic E-state index is 13.9. The minimum absolute atomic E-state index is 0.0435. The fraction of sp³-hybridized carbons (Fsp3) is 0.467. The van der Waals surface area contributed by atoms with Crippen molar-refractivity contribution in [1.29, 1.82) is 10.5 Å². The number of nitriles is 2. The van der Waals surface area contributed by atoms with Gasteiger partial charge in [0, 0.05) is 50.9 Å². The van der Waals surface area contributed by atoms with E-state index in [2.05, 4.69) is 22.0 Å². The molecule has 9 heteroatoms. The third-order valence-electron chi connectivity index (χ3n) is 8.40. The molecule has 2 aliphatic rings. The Labute approximate surface area is 227 Å². The van der Waals surface area contributed by atoms with Crippen LogP contribution in [0.4, 0.5) is 15.8 Å². The molecule has 39 heavy (non-hydrogen) atoms. The zero-order chi connectivity index (χ0) is 27.7. The summed E-state index contributed by atoms with van der Waals surface area (Å²) in [5.74, 6) is 0.216. The van der Waals surface area contributed by atoms with Crippen LogP contribution in [-0.4, -0.2) is 48.4 Å². The number of hydrogen-bond donors (Lipinski definition) is 0. The Balaban J connectivity index is 1.43. The Bertz CT molecular complexity index is 1520. The maximum atomic E-state index is 13.9. The van der Waals surface area contributed by atoms with Gasteiger partial charge in [-0.15, -0.1) is 0 Å². The predicted octanol–water partition coefficient (Wildman–Crippen LogP) is 4.41. The lowest BCUT2D eigenvalue weighted by atomic mass is 9.87. The van der Waals surface area contributed by atoms with Gasteiger partial charge in [0.2, 0.25) is 0 Å². The van der Waals surface area contributed by atoms with Gasteiger partial charge in [-0.25, -0.2) is 9.37 Å². The topological polar surface area (TPSA) is 98.2 Å². The first-order valence-corrected chi connectivity index (χ1v) is 13.5. The van der Waals surface area contributed by atoms with Crippen molar-refractivity contribution < 1.29 is 9.13 Å². The van der Waals surface area contributed by atoms with Crippen molar-refractivity contribution >= 4 is 22.4 Å². The number of rotatable bonds is 6. The Morgan fingerprint density at radius 1 is 1.10 bits per heavy atom. The van der Waals surface area contributed by atoms with Crippen LogP contribution in [0.25, 0.3) is 11.0 Å². The normalized spacial score (nSPS) is 20.9. The van der Waals surface area contributed by atoms with E-state index < -0.39 is 0 Å². The van der Waals surface area contributed by atoms with Crippen LogP contribution in [0.5, 0.6) is 0 Å². The van der Waals surface area contributed by atoms with Gasteiger partial charge < -0.3 is 19.1 Å². The SMILES string of the molecule is Cc1cc(F)ccc1N(C[C@H]1CCOC1)[C@H]1CC[C@H](N(C)c2c(C#N)c(=O)n(C)c3ccc(C#N)nc23)CC1. The van der Waals surface area contributed by atoms with Crippen molar-refractivity contribution in [2.45, 2.75) is 51.1 Å². The molecule has 5 rings (SSSR count).